The van der Waals surface area contributed by atoms with Crippen LogP contribution in [0.2, 0.25) is 5.02 Å². The molecule has 37 heavy (non-hydrogen) atoms. The maximum absolute atomic E-state index is 13.6. The number of methoxy groups -OCH3 is 1. The van der Waals surface area contributed by atoms with Crippen LogP contribution in [-0.4, -0.2) is 36.7 Å². The van der Waals surface area contributed by atoms with Crippen LogP contribution in [0.15, 0.2) is 53.6 Å². The van der Waals surface area contributed by atoms with Gasteiger partial charge in [0.2, 0.25) is 5.88 Å². The summed E-state index contributed by atoms with van der Waals surface area (Å²) in [6.07, 6.45) is 4.16. The van der Waals surface area contributed by atoms with E-state index < -0.39 is 5.60 Å². The average molecular weight is 518 g/mol. The number of rotatable bonds is 6. The normalized spacial score (nSPS) is 17.1. The molecule has 1 unspecified atom stereocenters. The van der Waals surface area contributed by atoms with Crippen molar-refractivity contribution in [3.63, 3.8) is 0 Å². The van der Waals surface area contributed by atoms with Crippen LogP contribution >= 0.6 is 11.6 Å². The van der Waals surface area contributed by atoms with Crippen molar-refractivity contribution in [3.8, 4) is 23.0 Å². The topological polar surface area (TPSA) is 103 Å². The number of aromatic nitrogens is 5. The molecule has 1 saturated carbocycles. The fourth-order valence-electron chi connectivity index (χ4n) is 4.61. The van der Waals surface area contributed by atoms with E-state index in [0.717, 1.165) is 28.9 Å². The zero-order valence-corrected chi connectivity index (χ0v) is 22.1. The zero-order chi connectivity index (χ0) is 26.5. The van der Waals surface area contributed by atoms with Crippen molar-refractivity contribution in [1.82, 2.24) is 24.5 Å². The fraction of sp³-hybridized carbons (Fsp3) is 0.321. The van der Waals surface area contributed by atoms with E-state index in [1.54, 1.807) is 44.0 Å². The van der Waals surface area contributed by atoms with Crippen LogP contribution < -0.4 is 10.3 Å². The highest BCUT2D eigenvalue weighted by atomic mass is 35.5. The second-order valence-electron chi connectivity index (χ2n) is 9.93. The van der Waals surface area contributed by atoms with Gasteiger partial charge in [-0.1, -0.05) is 17.7 Å². The Morgan fingerprint density at radius 2 is 1.86 bits per heavy atom. The summed E-state index contributed by atoms with van der Waals surface area (Å²) in [4.78, 5) is 31.3. The van der Waals surface area contributed by atoms with E-state index in [0.29, 0.717) is 28.8 Å². The maximum atomic E-state index is 13.6. The van der Waals surface area contributed by atoms with Crippen LogP contribution in [0, 0.1) is 13.8 Å². The largest absolute Gasteiger partial charge is 0.481 e. The van der Waals surface area contributed by atoms with Crippen molar-refractivity contribution >= 4 is 11.6 Å². The third-order valence-corrected chi connectivity index (χ3v) is 7.05. The molecule has 190 valence electrons. The summed E-state index contributed by atoms with van der Waals surface area (Å²) in [5.74, 6) is 1.19. The van der Waals surface area contributed by atoms with Crippen LogP contribution in [-0.2, 0) is 5.60 Å². The first-order chi connectivity index (χ1) is 17.6. The number of pyridine rings is 3. The van der Waals surface area contributed by atoms with Gasteiger partial charge >= 0.3 is 0 Å². The zero-order valence-electron chi connectivity index (χ0n) is 21.4. The first-order valence-corrected chi connectivity index (χ1v) is 12.4. The summed E-state index contributed by atoms with van der Waals surface area (Å²) < 4.78 is 6.88. The number of nitrogens with zero attached hydrogens (tertiary/aromatic N) is 5. The SMILES string of the molecule is COc1cccc(C2C[C@H]2c2cc(C)n(-c3cc(-c4ccnc(C(C)(C)O)n4)ncc3C)c(=O)c2Cl)n1. The van der Waals surface area contributed by atoms with Crippen molar-refractivity contribution in [1.29, 1.82) is 0 Å². The number of hydrogen-bond donors (Lipinski definition) is 1. The van der Waals surface area contributed by atoms with Gasteiger partial charge in [0, 0.05) is 35.8 Å². The smallest absolute Gasteiger partial charge is 0.274 e. The van der Waals surface area contributed by atoms with Crippen LogP contribution in [0.25, 0.3) is 17.1 Å². The van der Waals surface area contributed by atoms with Gasteiger partial charge in [-0.3, -0.25) is 14.3 Å². The molecule has 0 aromatic carbocycles. The van der Waals surface area contributed by atoms with Crippen molar-refractivity contribution in [2.45, 2.75) is 51.6 Å². The first kappa shape index (κ1) is 25.0. The monoisotopic (exact) mass is 517 g/mol. The lowest BCUT2D eigenvalue weighted by atomic mass is 10.1. The molecule has 4 heterocycles. The molecule has 4 aromatic heterocycles. The molecule has 1 fully saturated rings. The Morgan fingerprint density at radius 1 is 1.08 bits per heavy atom. The van der Waals surface area contributed by atoms with Crippen molar-refractivity contribution in [2.24, 2.45) is 0 Å². The summed E-state index contributed by atoms with van der Waals surface area (Å²) >= 11 is 6.70. The molecule has 4 aromatic rings. The molecule has 5 rings (SSSR count). The average Bonchev–Trinajstić information content (AvgIpc) is 3.68. The molecule has 0 bridgehead atoms. The van der Waals surface area contributed by atoms with Gasteiger partial charge in [0.25, 0.3) is 5.56 Å². The molecule has 0 aliphatic heterocycles. The summed E-state index contributed by atoms with van der Waals surface area (Å²) in [5, 5.41) is 10.5. The van der Waals surface area contributed by atoms with Gasteiger partial charge in [-0.05, 0) is 75.4 Å². The fourth-order valence-corrected chi connectivity index (χ4v) is 4.89. The molecular weight excluding hydrogens is 490 g/mol. The van der Waals surface area contributed by atoms with Crippen LogP contribution in [0.1, 0.15) is 60.4 Å². The van der Waals surface area contributed by atoms with Crippen molar-refractivity contribution in [2.75, 3.05) is 7.11 Å². The quantitative estimate of drug-likeness (QED) is 0.389. The third kappa shape index (κ3) is 4.74. The minimum absolute atomic E-state index is 0.128. The van der Waals surface area contributed by atoms with Gasteiger partial charge in [-0.15, -0.1) is 0 Å². The van der Waals surface area contributed by atoms with Gasteiger partial charge < -0.3 is 9.84 Å². The molecule has 1 aliphatic rings. The summed E-state index contributed by atoms with van der Waals surface area (Å²) in [6, 6.07) is 11.3. The Kier molecular flexibility index (Phi) is 6.33. The lowest BCUT2D eigenvalue weighted by molar-refractivity contribution is 0.0688. The highest BCUT2D eigenvalue weighted by molar-refractivity contribution is 6.31. The van der Waals surface area contributed by atoms with Gasteiger partial charge in [0.05, 0.1) is 24.2 Å². The Bertz CT molecular complexity index is 1560. The van der Waals surface area contributed by atoms with Gasteiger partial charge in [0.15, 0.2) is 5.82 Å². The van der Waals surface area contributed by atoms with Gasteiger partial charge in [0.1, 0.15) is 10.6 Å². The Morgan fingerprint density at radius 3 is 2.59 bits per heavy atom. The van der Waals surface area contributed by atoms with Crippen LogP contribution in [0.4, 0.5) is 0 Å². The maximum Gasteiger partial charge on any atom is 0.274 e. The number of aliphatic hydroxyl groups is 1. The van der Waals surface area contributed by atoms with E-state index in [2.05, 4.69) is 19.9 Å². The molecule has 2 atom stereocenters. The Hall–Kier alpha value is -3.62. The molecule has 0 saturated heterocycles. The minimum atomic E-state index is -1.19. The summed E-state index contributed by atoms with van der Waals surface area (Å²) in [5.41, 5.74) is 3.68. The van der Waals surface area contributed by atoms with Gasteiger partial charge in [-0.2, -0.15) is 0 Å². The first-order valence-electron chi connectivity index (χ1n) is 12.0. The van der Waals surface area contributed by atoms with E-state index in [-0.39, 0.29) is 22.4 Å². The van der Waals surface area contributed by atoms with E-state index in [9.17, 15) is 9.90 Å². The predicted octanol–water partition coefficient (Wildman–Crippen LogP) is 4.86. The highest BCUT2D eigenvalue weighted by Gasteiger charge is 2.42. The van der Waals surface area contributed by atoms with E-state index in [4.69, 9.17) is 16.3 Å². The molecule has 8 nitrogen and oxygen atoms in total. The highest BCUT2D eigenvalue weighted by Crippen LogP contribution is 2.55. The number of hydrogen-bond acceptors (Lipinski definition) is 7. The van der Waals surface area contributed by atoms with E-state index in [1.165, 1.54) is 0 Å². The standard InChI is InChI=1S/C28H28ClN5O3/c1-15-14-31-22(21-9-10-30-27(33-21)28(3,4)36)13-23(15)34-16(2)11-19(25(29)26(34)35)17-12-18(17)20-7-6-8-24(32-20)37-5/h6-11,13-14,17-18,36H,12H2,1-5H3/t17-,18?/m1/s1. The molecule has 9 heteroatoms. The molecule has 0 spiro atoms. The Balaban J connectivity index is 1.53. The summed E-state index contributed by atoms with van der Waals surface area (Å²) in [7, 11) is 1.60. The minimum Gasteiger partial charge on any atom is -0.481 e. The lowest BCUT2D eigenvalue weighted by Gasteiger charge is -2.17. The van der Waals surface area contributed by atoms with Gasteiger partial charge in [-0.25, -0.2) is 15.0 Å². The second kappa shape index (κ2) is 9.36. The predicted molar refractivity (Wildman–Crippen MR) is 141 cm³/mol. The van der Waals surface area contributed by atoms with E-state index >= 15 is 0 Å². The Labute approximate surface area is 220 Å². The lowest BCUT2D eigenvalue weighted by Crippen LogP contribution is -2.23. The van der Waals surface area contributed by atoms with Crippen molar-refractivity contribution < 1.29 is 9.84 Å². The molecule has 1 aliphatic carbocycles. The molecule has 0 amide bonds. The molecular formula is C28H28ClN5O3. The summed E-state index contributed by atoms with van der Waals surface area (Å²) in [6.45, 7) is 7.05. The van der Waals surface area contributed by atoms with E-state index in [1.807, 2.05) is 44.2 Å². The number of halogens is 1. The van der Waals surface area contributed by atoms with Crippen LogP contribution in [0.3, 0.4) is 0 Å². The third-order valence-electron chi connectivity index (χ3n) is 6.67. The second-order valence-corrected chi connectivity index (χ2v) is 10.3. The number of aryl methyl sites for hydroxylation is 2. The number of ether oxygens (including phenoxy) is 1. The molecule has 1 N–H and O–H groups in total. The van der Waals surface area contributed by atoms with Crippen LogP contribution in [0.5, 0.6) is 5.88 Å². The molecule has 0 radical (unpaired) electrons. The van der Waals surface area contributed by atoms with Crippen molar-refractivity contribution in [3.05, 3.63) is 92.5 Å².